The number of nitrogens with one attached hydrogen (secondary N) is 1. The molecular weight excluding hydrogens is 472 g/mol. The van der Waals surface area contributed by atoms with Crippen molar-refractivity contribution in [3.8, 4) is 5.00 Å². The van der Waals surface area contributed by atoms with Gasteiger partial charge in [-0.25, -0.2) is 4.99 Å². The Hall–Kier alpha value is -2.55. The molecule has 3 aromatic rings. The van der Waals surface area contributed by atoms with Gasteiger partial charge >= 0.3 is 0 Å². The van der Waals surface area contributed by atoms with Gasteiger partial charge in [-0.1, -0.05) is 29.8 Å². The Bertz CT molecular complexity index is 1140. The highest BCUT2D eigenvalue weighted by molar-refractivity contribution is 9.11. The molecule has 6 nitrogen and oxygen atoms in total. The fourth-order valence-electron chi connectivity index (χ4n) is 2.92. The van der Waals surface area contributed by atoms with Crippen LogP contribution >= 0.6 is 38.9 Å². The van der Waals surface area contributed by atoms with Crippen molar-refractivity contribution in [1.82, 2.24) is 20.1 Å². The maximum atomic E-state index is 6.38. The molecule has 29 heavy (non-hydrogen) atoms. The summed E-state index contributed by atoms with van der Waals surface area (Å²) in [5.41, 5.74) is 2.88. The fraction of sp³-hybridized carbons (Fsp3) is 0.100. The number of thiophene rings is 1. The molecule has 0 bridgehead atoms. The molecule has 0 amide bonds. The fourth-order valence-corrected chi connectivity index (χ4v) is 4.79. The van der Waals surface area contributed by atoms with Crippen LogP contribution in [0, 0.1) is 6.92 Å². The molecule has 2 aromatic heterocycles. The largest absolute Gasteiger partial charge is 0.353 e. The molecule has 0 aliphatic carbocycles. The molecule has 0 unspecified atom stereocenters. The van der Waals surface area contributed by atoms with Crippen LogP contribution < -0.4 is 5.32 Å². The second-order valence-corrected chi connectivity index (χ2v) is 8.88. The molecular formula is C20H16BrClN6S. The van der Waals surface area contributed by atoms with E-state index in [1.165, 1.54) is 0 Å². The summed E-state index contributed by atoms with van der Waals surface area (Å²) in [6.07, 6.45) is 8.90. The zero-order valence-corrected chi connectivity index (χ0v) is 18.5. The van der Waals surface area contributed by atoms with Gasteiger partial charge in [0.2, 0.25) is 0 Å². The molecule has 1 aromatic carbocycles. The number of aliphatic imine (C=N–C) groups is 2. The van der Waals surface area contributed by atoms with Crippen LogP contribution in [0.5, 0.6) is 0 Å². The van der Waals surface area contributed by atoms with Crippen LogP contribution in [0.15, 0.2) is 68.7 Å². The first-order valence-electron chi connectivity index (χ1n) is 8.75. The number of aryl methyl sites for hydroxylation is 1. The Labute approximate surface area is 185 Å². The Morgan fingerprint density at radius 3 is 2.90 bits per heavy atom. The zero-order chi connectivity index (χ0) is 20.2. The minimum absolute atomic E-state index is 0.487. The van der Waals surface area contributed by atoms with Gasteiger partial charge in [0, 0.05) is 28.5 Å². The van der Waals surface area contributed by atoms with Crippen molar-refractivity contribution in [2.75, 3.05) is 0 Å². The van der Waals surface area contributed by atoms with Crippen molar-refractivity contribution >= 4 is 50.9 Å². The van der Waals surface area contributed by atoms with E-state index in [1.54, 1.807) is 23.9 Å². The van der Waals surface area contributed by atoms with E-state index in [1.807, 2.05) is 49.5 Å². The third-order valence-corrected chi connectivity index (χ3v) is 6.12. The van der Waals surface area contributed by atoms with Gasteiger partial charge in [0.05, 0.1) is 15.8 Å². The lowest BCUT2D eigenvalue weighted by Gasteiger charge is -2.08. The van der Waals surface area contributed by atoms with Crippen molar-refractivity contribution in [3.63, 3.8) is 0 Å². The summed E-state index contributed by atoms with van der Waals surface area (Å²) < 4.78 is 3.11. The van der Waals surface area contributed by atoms with Crippen LogP contribution in [0.1, 0.15) is 22.8 Å². The minimum atomic E-state index is 0.487. The monoisotopic (exact) mass is 486 g/mol. The standard InChI is InChI=1S/C15H10BrClN4S.C5H6N2/c1-8-19-20-13-7-18-14(9-4-2-3-5-11(9)17)10-6-12(16)22-15(10)21(8)13;1-2-4-7-5-6-3-1/h2-6H,7H2,1H3;1-5H,(H,6,7). The SMILES string of the molecule is C1=CN=CNC=C1.Cc1nnc2n1-c1sc(Br)cc1C(c1ccccc1Cl)=NC2. The van der Waals surface area contributed by atoms with E-state index in [0.29, 0.717) is 11.6 Å². The number of hydrogen-bond donors (Lipinski definition) is 1. The van der Waals surface area contributed by atoms with E-state index < -0.39 is 0 Å². The van der Waals surface area contributed by atoms with Crippen molar-refractivity contribution in [2.45, 2.75) is 13.5 Å². The predicted molar refractivity (Wildman–Crippen MR) is 122 cm³/mol. The number of aromatic nitrogens is 3. The van der Waals surface area contributed by atoms with Gasteiger partial charge in [-0.2, -0.15) is 0 Å². The molecule has 1 N–H and O–H groups in total. The first-order chi connectivity index (χ1) is 14.1. The van der Waals surface area contributed by atoms with E-state index in [-0.39, 0.29) is 0 Å². The summed E-state index contributed by atoms with van der Waals surface area (Å²) >= 11 is 11.6. The number of fused-ring (bicyclic) bond motifs is 3. The summed E-state index contributed by atoms with van der Waals surface area (Å²) in [5, 5.41) is 13.0. The molecule has 0 saturated heterocycles. The summed E-state index contributed by atoms with van der Waals surface area (Å²) in [7, 11) is 0. The Kier molecular flexibility index (Phi) is 6.03. The predicted octanol–water partition coefficient (Wildman–Crippen LogP) is 5.05. The third-order valence-electron chi connectivity index (χ3n) is 4.16. The van der Waals surface area contributed by atoms with Crippen molar-refractivity contribution < 1.29 is 0 Å². The summed E-state index contributed by atoms with van der Waals surface area (Å²) in [5.74, 6) is 1.70. The highest BCUT2D eigenvalue weighted by atomic mass is 79.9. The van der Waals surface area contributed by atoms with Crippen LogP contribution in [-0.2, 0) is 6.54 Å². The zero-order valence-electron chi connectivity index (χ0n) is 15.4. The summed E-state index contributed by atoms with van der Waals surface area (Å²) in [4.78, 5) is 8.55. The Morgan fingerprint density at radius 1 is 1.17 bits per heavy atom. The average Bonchev–Trinajstić information content (AvgIpc) is 3.06. The van der Waals surface area contributed by atoms with Crippen LogP contribution in [0.2, 0.25) is 5.02 Å². The number of hydrogen-bond acceptors (Lipinski definition) is 6. The molecule has 5 rings (SSSR count). The molecule has 0 radical (unpaired) electrons. The quantitative estimate of drug-likeness (QED) is 0.522. The van der Waals surface area contributed by atoms with Gasteiger partial charge in [-0.05, 0) is 47.1 Å². The molecule has 9 heteroatoms. The lowest BCUT2D eigenvalue weighted by Crippen LogP contribution is -2.05. The van der Waals surface area contributed by atoms with Crippen molar-refractivity contribution in [3.05, 3.63) is 86.5 Å². The second kappa shape index (κ2) is 8.86. The molecule has 146 valence electrons. The summed E-state index contributed by atoms with van der Waals surface area (Å²) in [6.45, 7) is 2.44. The molecule has 0 saturated carbocycles. The molecule has 0 atom stereocenters. The molecule has 2 aliphatic heterocycles. The Balaban J connectivity index is 0.000000249. The van der Waals surface area contributed by atoms with Gasteiger partial charge in [0.25, 0.3) is 0 Å². The lowest BCUT2D eigenvalue weighted by molar-refractivity contribution is 0.869. The lowest BCUT2D eigenvalue weighted by atomic mass is 10.0. The van der Waals surface area contributed by atoms with Gasteiger partial charge in [0.1, 0.15) is 17.4 Å². The van der Waals surface area contributed by atoms with E-state index >= 15 is 0 Å². The first-order valence-corrected chi connectivity index (χ1v) is 10.7. The van der Waals surface area contributed by atoms with Crippen LogP contribution in [0.4, 0.5) is 0 Å². The van der Waals surface area contributed by atoms with Crippen LogP contribution in [0.25, 0.3) is 5.00 Å². The highest BCUT2D eigenvalue weighted by Crippen LogP contribution is 2.36. The van der Waals surface area contributed by atoms with Crippen LogP contribution in [-0.4, -0.2) is 26.8 Å². The van der Waals surface area contributed by atoms with Crippen molar-refractivity contribution in [1.29, 1.82) is 0 Å². The number of rotatable bonds is 1. The van der Waals surface area contributed by atoms with E-state index in [4.69, 9.17) is 16.6 Å². The topological polar surface area (TPSA) is 67.5 Å². The molecule has 0 spiro atoms. The minimum Gasteiger partial charge on any atom is -0.353 e. The van der Waals surface area contributed by atoms with Crippen LogP contribution in [0.3, 0.4) is 0 Å². The van der Waals surface area contributed by atoms with Gasteiger partial charge in [-0.3, -0.25) is 9.56 Å². The number of nitrogens with zero attached hydrogens (tertiary/aromatic N) is 5. The van der Waals surface area contributed by atoms with E-state index in [2.05, 4.69) is 47.1 Å². The van der Waals surface area contributed by atoms with E-state index in [0.717, 1.165) is 37.3 Å². The van der Waals surface area contributed by atoms with E-state index in [9.17, 15) is 0 Å². The maximum Gasteiger partial charge on any atom is 0.160 e. The molecule has 4 heterocycles. The Morgan fingerprint density at radius 2 is 2.03 bits per heavy atom. The molecule has 2 aliphatic rings. The number of halogens is 2. The summed E-state index contributed by atoms with van der Waals surface area (Å²) in [6, 6.07) is 9.86. The highest BCUT2D eigenvalue weighted by Gasteiger charge is 2.24. The molecule has 0 fully saturated rings. The average molecular weight is 488 g/mol. The third kappa shape index (κ3) is 4.24. The normalized spacial score (nSPS) is 14.0. The van der Waals surface area contributed by atoms with Gasteiger partial charge in [-0.15, -0.1) is 21.5 Å². The van der Waals surface area contributed by atoms with Gasteiger partial charge in [0.15, 0.2) is 5.82 Å². The van der Waals surface area contributed by atoms with Crippen molar-refractivity contribution in [2.24, 2.45) is 9.98 Å². The smallest absolute Gasteiger partial charge is 0.160 e. The van der Waals surface area contributed by atoms with Gasteiger partial charge < -0.3 is 5.32 Å². The number of benzene rings is 1. The second-order valence-electron chi connectivity index (χ2n) is 6.06. The first kappa shape index (κ1) is 19.8. The number of allylic oxidation sites excluding steroid dienone is 2. The maximum absolute atomic E-state index is 6.38.